The third kappa shape index (κ3) is 4.35. The van der Waals surface area contributed by atoms with Crippen LogP contribution in [0.25, 0.3) is 0 Å². The first kappa shape index (κ1) is 20.1. The van der Waals surface area contributed by atoms with Crippen molar-refractivity contribution in [1.29, 1.82) is 0 Å². The number of thiazole rings is 1. The molecule has 1 amide bonds. The SMILES string of the molecule is COc1ccc(Nc2cc(C)nc(N3CCN(C(=O)c4scnc4C)CC3)n2)cc1. The van der Waals surface area contributed by atoms with Gasteiger partial charge in [0, 0.05) is 43.6 Å². The maximum absolute atomic E-state index is 12.7. The Bertz CT molecular complexity index is 1030. The quantitative estimate of drug-likeness (QED) is 0.673. The van der Waals surface area contributed by atoms with Gasteiger partial charge in [-0.2, -0.15) is 4.98 Å². The monoisotopic (exact) mass is 424 g/mol. The van der Waals surface area contributed by atoms with Crippen molar-refractivity contribution in [3.05, 3.63) is 52.1 Å². The Kier molecular flexibility index (Phi) is 5.80. The Morgan fingerprint density at radius 2 is 1.83 bits per heavy atom. The molecule has 3 heterocycles. The smallest absolute Gasteiger partial charge is 0.265 e. The van der Waals surface area contributed by atoms with E-state index in [0.717, 1.165) is 33.5 Å². The molecule has 1 N–H and O–H groups in total. The number of carbonyl (C=O) groups excluding carboxylic acids is 1. The molecule has 156 valence electrons. The van der Waals surface area contributed by atoms with E-state index in [4.69, 9.17) is 9.72 Å². The van der Waals surface area contributed by atoms with Crippen LogP contribution in [0.4, 0.5) is 17.5 Å². The van der Waals surface area contributed by atoms with Gasteiger partial charge in [-0.1, -0.05) is 0 Å². The summed E-state index contributed by atoms with van der Waals surface area (Å²) in [5.74, 6) is 2.27. The van der Waals surface area contributed by atoms with Gasteiger partial charge >= 0.3 is 0 Å². The Labute approximate surface area is 179 Å². The number of anilines is 3. The van der Waals surface area contributed by atoms with Gasteiger partial charge in [0.2, 0.25) is 5.95 Å². The number of hydrogen-bond acceptors (Lipinski definition) is 8. The summed E-state index contributed by atoms with van der Waals surface area (Å²) >= 11 is 1.40. The van der Waals surface area contributed by atoms with Crippen LogP contribution in [0.1, 0.15) is 21.1 Å². The van der Waals surface area contributed by atoms with E-state index >= 15 is 0 Å². The predicted molar refractivity (Wildman–Crippen MR) is 118 cm³/mol. The van der Waals surface area contributed by atoms with Crippen LogP contribution in [0.5, 0.6) is 5.75 Å². The molecule has 2 aromatic heterocycles. The normalized spacial score (nSPS) is 14.0. The molecular formula is C21H24N6O2S. The Morgan fingerprint density at radius 1 is 1.10 bits per heavy atom. The second-order valence-corrected chi connectivity index (χ2v) is 7.95. The minimum absolute atomic E-state index is 0.0571. The van der Waals surface area contributed by atoms with Crippen LogP contribution >= 0.6 is 11.3 Å². The zero-order chi connectivity index (χ0) is 21.1. The lowest BCUT2D eigenvalue weighted by atomic mass is 10.2. The van der Waals surface area contributed by atoms with E-state index in [9.17, 15) is 4.79 Å². The molecule has 0 spiro atoms. The van der Waals surface area contributed by atoms with Gasteiger partial charge in [-0.05, 0) is 38.1 Å². The highest BCUT2D eigenvalue weighted by molar-refractivity contribution is 7.11. The summed E-state index contributed by atoms with van der Waals surface area (Å²) in [7, 11) is 1.65. The Morgan fingerprint density at radius 3 is 2.47 bits per heavy atom. The molecule has 30 heavy (non-hydrogen) atoms. The van der Waals surface area contributed by atoms with Gasteiger partial charge in [-0.15, -0.1) is 11.3 Å². The topological polar surface area (TPSA) is 83.5 Å². The van der Waals surface area contributed by atoms with Crippen molar-refractivity contribution in [1.82, 2.24) is 19.9 Å². The maximum atomic E-state index is 12.7. The van der Waals surface area contributed by atoms with Crippen molar-refractivity contribution in [2.75, 3.05) is 43.5 Å². The molecule has 4 rings (SSSR count). The average Bonchev–Trinajstić information content (AvgIpc) is 3.19. The third-order valence-corrected chi connectivity index (χ3v) is 5.91. The fourth-order valence-electron chi connectivity index (χ4n) is 3.34. The van der Waals surface area contributed by atoms with Gasteiger partial charge in [0.1, 0.15) is 16.4 Å². The number of carbonyl (C=O) groups is 1. The first-order valence-electron chi connectivity index (χ1n) is 9.74. The summed E-state index contributed by atoms with van der Waals surface area (Å²) in [5, 5.41) is 3.32. The molecular weight excluding hydrogens is 400 g/mol. The summed E-state index contributed by atoms with van der Waals surface area (Å²) in [4.78, 5) is 30.9. The Hall–Kier alpha value is -3.20. The molecule has 1 aromatic carbocycles. The molecule has 0 saturated carbocycles. The van der Waals surface area contributed by atoms with Crippen molar-refractivity contribution in [3.8, 4) is 5.75 Å². The van der Waals surface area contributed by atoms with Gasteiger partial charge in [-0.25, -0.2) is 9.97 Å². The summed E-state index contributed by atoms with van der Waals surface area (Å²) in [6, 6.07) is 9.61. The van der Waals surface area contributed by atoms with Crippen LogP contribution in [0.2, 0.25) is 0 Å². The van der Waals surface area contributed by atoms with Crippen molar-refractivity contribution < 1.29 is 9.53 Å². The van der Waals surface area contributed by atoms with Gasteiger partial charge in [0.05, 0.1) is 18.3 Å². The molecule has 0 atom stereocenters. The minimum Gasteiger partial charge on any atom is -0.497 e. The zero-order valence-electron chi connectivity index (χ0n) is 17.3. The van der Waals surface area contributed by atoms with Crippen molar-refractivity contribution >= 4 is 34.7 Å². The second kappa shape index (κ2) is 8.66. The van der Waals surface area contributed by atoms with Crippen LogP contribution in [-0.2, 0) is 0 Å². The number of aromatic nitrogens is 3. The highest BCUT2D eigenvalue weighted by Gasteiger charge is 2.25. The molecule has 3 aromatic rings. The molecule has 1 saturated heterocycles. The number of amides is 1. The number of rotatable bonds is 5. The fourth-order valence-corrected chi connectivity index (χ4v) is 4.11. The largest absolute Gasteiger partial charge is 0.497 e. The Balaban J connectivity index is 1.43. The molecule has 1 aliphatic heterocycles. The number of piperazine rings is 1. The summed E-state index contributed by atoms with van der Waals surface area (Å²) < 4.78 is 5.20. The van der Waals surface area contributed by atoms with Crippen molar-refractivity contribution in [3.63, 3.8) is 0 Å². The first-order valence-corrected chi connectivity index (χ1v) is 10.6. The molecule has 0 aliphatic carbocycles. The predicted octanol–water partition coefficient (Wildman–Crippen LogP) is 3.26. The average molecular weight is 425 g/mol. The number of benzene rings is 1. The molecule has 8 nitrogen and oxygen atoms in total. The molecule has 0 unspecified atom stereocenters. The van der Waals surface area contributed by atoms with E-state index in [0.29, 0.717) is 32.1 Å². The summed E-state index contributed by atoms with van der Waals surface area (Å²) in [6.45, 7) is 6.47. The third-order valence-electron chi connectivity index (χ3n) is 4.99. The standard InChI is InChI=1S/C21H24N6O2S/c1-14-12-18(24-16-4-6-17(29-3)7-5-16)25-21(23-14)27-10-8-26(9-11-27)20(28)19-15(2)22-13-30-19/h4-7,12-13H,8-11H2,1-3H3,(H,23,24,25). The van der Waals surface area contributed by atoms with E-state index in [1.54, 1.807) is 12.6 Å². The van der Waals surface area contributed by atoms with E-state index < -0.39 is 0 Å². The number of ether oxygens (including phenoxy) is 1. The lowest BCUT2D eigenvalue weighted by Gasteiger charge is -2.34. The molecule has 1 aliphatic rings. The number of methoxy groups -OCH3 is 1. The van der Waals surface area contributed by atoms with E-state index in [1.807, 2.05) is 49.1 Å². The molecule has 0 radical (unpaired) electrons. The molecule has 0 bridgehead atoms. The lowest BCUT2D eigenvalue weighted by Crippen LogP contribution is -2.49. The van der Waals surface area contributed by atoms with E-state index in [1.165, 1.54) is 11.3 Å². The molecule has 1 fully saturated rings. The minimum atomic E-state index is 0.0571. The van der Waals surface area contributed by atoms with Gasteiger partial charge in [0.25, 0.3) is 5.91 Å². The number of nitrogens with zero attached hydrogens (tertiary/aromatic N) is 5. The summed E-state index contributed by atoms with van der Waals surface area (Å²) in [5.41, 5.74) is 4.32. The summed E-state index contributed by atoms with van der Waals surface area (Å²) in [6.07, 6.45) is 0. The van der Waals surface area contributed by atoms with Crippen LogP contribution in [-0.4, -0.2) is 59.0 Å². The fraction of sp³-hybridized carbons (Fsp3) is 0.333. The molecule has 9 heteroatoms. The lowest BCUT2D eigenvalue weighted by molar-refractivity contribution is 0.0750. The van der Waals surface area contributed by atoms with Crippen LogP contribution < -0.4 is 15.0 Å². The van der Waals surface area contributed by atoms with Crippen LogP contribution in [0, 0.1) is 13.8 Å². The zero-order valence-corrected chi connectivity index (χ0v) is 18.1. The van der Waals surface area contributed by atoms with Crippen molar-refractivity contribution in [2.45, 2.75) is 13.8 Å². The van der Waals surface area contributed by atoms with Crippen LogP contribution in [0.15, 0.2) is 35.8 Å². The van der Waals surface area contributed by atoms with Gasteiger partial charge < -0.3 is 19.9 Å². The van der Waals surface area contributed by atoms with Gasteiger partial charge in [0.15, 0.2) is 0 Å². The second-order valence-electron chi connectivity index (χ2n) is 7.09. The maximum Gasteiger partial charge on any atom is 0.265 e. The van der Waals surface area contributed by atoms with Gasteiger partial charge in [-0.3, -0.25) is 4.79 Å². The highest BCUT2D eigenvalue weighted by Crippen LogP contribution is 2.22. The van der Waals surface area contributed by atoms with E-state index in [2.05, 4.69) is 20.2 Å². The highest BCUT2D eigenvalue weighted by atomic mass is 32.1. The number of hydrogen-bond donors (Lipinski definition) is 1. The number of aryl methyl sites for hydroxylation is 2. The number of nitrogens with one attached hydrogen (secondary N) is 1. The van der Waals surface area contributed by atoms with E-state index in [-0.39, 0.29) is 5.91 Å². The van der Waals surface area contributed by atoms with Crippen molar-refractivity contribution in [2.24, 2.45) is 0 Å². The first-order chi connectivity index (χ1) is 14.5. The van der Waals surface area contributed by atoms with Crippen LogP contribution in [0.3, 0.4) is 0 Å².